The molecular weight excluding hydrogens is 356 g/mol. The highest BCUT2D eigenvalue weighted by Crippen LogP contribution is 2.42. The van der Waals surface area contributed by atoms with E-state index in [9.17, 15) is 4.79 Å². The first-order valence-corrected chi connectivity index (χ1v) is 10.1. The molecule has 0 aliphatic carbocycles. The van der Waals surface area contributed by atoms with E-state index in [1.54, 1.807) is 19.3 Å². The maximum Gasteiger partial charge on any atom is 0.311 e. The van der Waals surface area contributed by atoms with Gasteiger partial charge in [-0.25, -0.2) is 4.98 Å². The van der Waals surface area contributed by atoms with Gasteiger partial charge >= 0.3 is 5.97 Å². The summed E-state index contributed by atoms with van der Waals surface area (Å²) in [6, 6.07) is 4.47. The van der Waals surface area contributed by atoms with Gasteiger partial charge < -0.3 is 4.74 Å². The van der Waals surface area contributed by atoms with Crippen LogP contribution in [0.2, 0.25) is 0 Å². The maximum atomic E-state index is 11.6. The van der Waals surface area contributed by atoms with Crippen molar-refractivity contribution in [3.05, 3.63) is 52.6 Å². The second-order valence-corrected chi connectivity index (χ2v) is 8.41. The molecule has 0 spiro atoms. The lowest BCUT2D eigenvalue weighted by molar-refractivity contribution is -0.142. The van der Waals surface area contributed by atoms with Gasteiger partial charge in [0, 0.05) is 16.7 Å². The van der Waals surface area contributed by atoms with Gasteiger partial charge in [-0.05, 0) is 60.6 Å². The predicted octanol–water partition coefficient (Wildman–Crippen LogP) is 4.06. The summed E-state index contributed by atoms with van der Waals surface area (Å²) in [5.41, 5.74) is 4.85. The number of rotatable bonds is 3. The monoisotopic (exact) mass is 380 g/mol. The first-order valence-electron chi connectivity index (χ1n) is 9.15. The normalized spacial score (nSPS) is 14.7. The summed E-state index contributed by atoms with van der Waals surface area (Å²) in [4.78, 5) is 21.5. The summed E-state index contributed by atoms with van der Waals surface area (Å²) in [6.07, 6.45) is 4.47. The van der Waals surface area contributed by atoms with E-state index < -0.39 is 0 Å². The Morgan fingerprint density at radius 2 is 2.11 bits per heavy atom. The Balaban J connectivity index is 1.87. The van der Waals surface area contributed by atoms with Gasteiger partial charge in [-0.3, -0.25) is 9.78 Å². The highest BCUT2D eigenvalue weighted by Gasteiger charge is 2.28. The van der Waals surface area contributed by atoms with E-state index in [-0.39, 0.29) is 17.8 Å². The molecule has 0 bridgehead atoms. The van der Waals surface area contributed by atoms with Gasteiger partial charge in [0.15, 0.2) is 0 Å². The Bertz CT molecular complexity index is 926. The Morgan fingerprint density at radius 3 is 2.89 bits per heavy atom. The van der Waals surface area contributed by atoms with Gasteiger partial charge in [0.2, 0.25) is 0 Å². The number of esters is 1. The highest BCUT2D eigenvalue weighted by molar-refractivity contribution is 7.99. The molecule has 2 heterocycles. The molecule has 1 aliphatic rings. The predicted molar refractivity (Wildman–Crippen MR) is 108 cm³/mol. The van der Waals surface area contributed by atoms with Crippen molar-refractivity contribution in [2.24, 2.45) is 0 Å². The third-order valence-corrected chi connectivity index (χ3v) is 5.74. The Morgan fingerprint density at radius 1 is 1.30 bits per heavy atom. The number of benzene rings is 1. The van der Waals surface area contributed by atoms with Crippen molar-refractivity contribution >= 4 is 17.7 Å². The zero-order valence-electron chi connectivity index (χ0n) is 16.3. The number of hydrogen-bond donors (Lipinski definition) is 0. The average molecular weight is 381 g/mol. The molecule has 0 unspecified atom stereocenters. The molecule has 0 N–H and O–H groups in total. The van der Waals surface area contributed by atoms with Crippen LogP contribution in [0.25, 0.3) is 0 Å². The molecule has 140 valence electrons. The van der Waals surface area contributed by atoms with Crippen LogP contribution < -0.4 is 0 Å². The van der Waals surface area contributed by atoms with Gasteiger partial charge in [-0.2, -0.15) is 0 Å². The quantitative estimate of drug-likeness (QED) is 0.594. The first-order chi connectivity index (χ1) is 12.9. The van der Waals surface area contributed by atoms with Crippen molar-refractivity contribution in [1.29, 1.82) is 0 Å². The largest absolute Gasteiger partial charge is 0.466 e. The van der Waals surface area contributed by atoms with Crippen molar-refractivity contribution in [2.45, 2.75) is 50.8 Å². The topological polar surface area (TPSA) is 52.1 Å². The summed E-state index contributed by atoms with van der Waals surface area (Å²) in [5.74, 6) is 7.20. The summed E-state index contributed by atoms with van der Waals surface area (Å²) in [7, 11) is 0. The number of hydrogen-bond acceptors (Lipinski definition) is 5. The first kappa shape index (κ1) is 19.4. The number of aryl methyl sites for hydroxylation is 1. The third-order valence-electron chi connectivity index (χ3n) is 4.68. The second-order valence-electron chi connectivity index (χ2n) is 7.27. The molecule has 0 saturated carbocycles. The molecule has 5 heteroatoms. The zero-order chi connectivity index (χ0) is 19.4. The molecule has 0 saturated heterocycles. The molecule has 1 aliphatic heterocycles. The van der Waals surface area contributed by atoms with E-state index >= 15 is 0 Å². The van der Waals surface area contributed by atoms with Crippen LogP contribution in [0.1, 0.15) is 55.3 Å². The number of nitrogens with zero attached hydrogens (tertiary/aromatic N) is 2. The van der Waals surface area contributed by atoms with Crippen molar-refractivity contribution in [3.63, 3.8) is 0 Å². The fourth-order valence-corrected chi connectivity index (χ4v) is 4.64. The van der Waals surface area contributed by atoms with E-state index in [4.69, 9.17) is 4.74 Å². The molecule has 0 amide bonds. The van der Waals surface area contributed by atoms with Crippen LogP contribution >= 0.6 is 11.8 Å². The maximum absolute atomic E-state index is 11.6. The lowest BCUT2D eigenvalue weighted by Crippen LogP contribution is -2.23. The molecule has 2 aromatic rings. The highest BCUT2D eigenvalue weighted by atomic mass is 32.2. The van der Waals surface area contributed by atoms with Crippen LogP contribution in [-0.2, 0) is 21.4 Å². The van der Waals surface area contributed by atoms with Crippen LogP contribution in [0, 0.1) is 18.8 Å². The molecule has 0 radical (unpaired) electrons. The number of ether oxygens (including phenoxy) is 1. The lowest BCUT2D eigenvalue weighted by Gasteiger charge is -2.32. The molecular formula is C22H24N2O2S. The van der Waals surface area contributed by atoms with Gasteiger partial charge in [0.05, 0.1) is 24.9 Å². The van der Waals surface area contributed by atoms with Gasteiger partial charge in [0.25, 0.3) is 0 Å². The molecule has 4 nitrogen and oxygen atoms in total. The fourth-order valence-electron chi connectivity index (χ4n) is 3.06. The second kappa shape index (κ2) is 8.14. The van der Waals surface area contributed by atoms with Crippen molar-refractivity contribution in [2.75, 3.05) is 12.4 Å². The summed E-state index contributed by atoms with van der Waals surface area (Å²) in [6.45, 7) is 8.82. The minimum Gasteiger partial charge on any atom is -0.466 e. The minimum absolute atomic E-state index is 0.111. The van der Waals surface area contributed by atoms with Crippen LogP contribution in [0.15, 0.2) is 29.4 Å². The summed E-state index contributed by atoms with van der Waals surface area (Å²) < 4.78 is 4.96. The van der Waals surface area contributed by atoms with E-state index in [1.807, 2.05) is 11.8 Å². The Hall–Kier alpha value is -2.32. The molecule has 1 aromatic heterocycles. The molecule has 27 heavy (non-hydrogen) atoms. The van der Waals surface area contributed by atoms with Crippen LogP contribution in [0.3, 0.4) is 0 Å². The van der Waals surface area contributed by atoms with Gasteiger partial charge in [-0.15, -0.1) is 11.8 Å². The minimum atomic E-state index is -0.304. The van der Waals surface area contributed by atoms with Crippen molar-refractivity contribution in [3.8, 4) is 11.8 Å². The Kier molecular flexibility index (Phi) is 5.86. The van der Waals surface area contributed by atoms with Crippen LogP contribution in [0.5, 0.6) is 0 Å². The van der Waals surface area contributed by atoms with E-state index in [2.05, 4.69) is 54.7 Å². The molecule has 3 rings (SSSR count). The number of carbonyl (C=O) groups is 1. The number of thioether (sulfide) groups is 1. The third kappa shape index (κ3) is 4.70. The smallest absolute Gasteiger partial charge is 0.311 e. The van der Waals surface area contributed by atoms with E-state index in [0.717, 1.165) is 11.3 Å². The van der Waals surface area contributed by atoms with Gasteiger partial charge in [0.1, 0.15) is 5.69 Å². The van der Waals surface area contributed by atoms with Crippen LogP contribution in [0.4, 0.5) is 0 Å². The summed E-state index contributed by atoms with van der Waals surface area (Å²) >= 11 is 1.93. The van der Waals surface area contributed by atoms with Crippen molar-refractivity contribution < 1.29 is 9.53 Å². The number of aromatic nitrogens is 2. The molecule has 0 fully saturated rings. The average Bonchev–Trinajstić information content (AvgIpc) is 2.60. The SMILES string of the molecule is CCOC(=O)Cc1cncc(C#Cc2cc3c(cc2C)SCCC3(C)C)n1. The molecule has 1 aromatic carbocycles. The number of fused-ring (bicyclic) bond motifs is 1. The zero-order valence-corrected chi connectivity index (χ0v) is 17.1. The van der Waals surface area contributed by atoms with E-state index in [1.165, 1.54) is 22.4 Å². The standard InChI is InChI=1S/C22H24N2O2S/c1-5-26-21(25)12-18-14-23-13-17(24-18)7-6-16-11-19-20(10-15(16)2)27-9-8-22(19,3)4/h10-11,13-14H,5,8-9,12H2,1-4H3. The van der Waals surface area contributed by atoms with Gasteiger partial charge in [-0.1, -0.05) is 19.8 Å². The fraction of sp³-hybridized carbons (Fsp3) is 0.409. The summed E-state index contributed by atoms with van der Waals surface area (Å²) in [5, 5.41) is 0. The lowest BCUT2D eigenvalue weighted by atomic mass is 9.80. The van der Waals surface area contributed by atoms with Crippen LogP contribution in [-0.4, -0.2) is 28.3 Å². The molecule has 0 atom stereocenters. The van der Waals surface area contributed by atoms with E-state index in [0.29, 0.717) is 18.0 Å². The van der Waals surface area contributed by atoms with Crippen molar-refractivity contribution in [1.82, 2.24) is 9.97 Å². The number of carbonyl (C=O) groups excluding carboxylic acids is 1. The Labute approximate surface area is 165 Å².